The van der Waals surface area contributed by atoms with Crippen LogP contribution in [-0.2, 0) is 6.54 Å². The van der Waals surface area contributed by atoms with Crippen LogP contribution in [0.2, 0.25) is 0 Å². The normalized spacial score (nSPS) is 13.2. The minimum Gasteiger partial charge on any atom is -0.311 e. The zero-order chi connectivity index (χ0) is 13.7. The first kappa shape index (κ1) is 15.1. The van der Waals surface area contributed by atoms with E-state index in [1.165, 1.54) is 11.3 Å². The van der Waals surface area contributed by atoms with Gasteiger partial charge in [-0.1, -0.05) is 25.2 Å². The molecule has 0 radical (unpaired) electrons. The highest BCUT2D eigenvalue weighted by molar-refractivity contribution is 7.13. The van der Waals surface area contributed by atoms with E-state index in [0.29, 0.717) is 18.5 Å². The predicted octanol–water partition coefficient (Wildman–Crippen LogP) is 2.33. The maximum Gasteiger partial charge on any atom is 0.324 e. The zero-order valence-corrected chi connectivity index (χ0v) is 12.2. The highest BCUT2D eigenvalue weighted by Gasteiger charge is 2.15. The summed E-state index contributed by atoms with van der Waals surface area (Å²) in [6.45, 7) is 5.96. The molecule has 1 rings (SSSR count). The van der Waals surface area contributed by atoms with Gasteiger partial charge in [0.25, 0.3) is 0 Å². The van der Waals surface area contributed by atoms with Crippen molar-refractivity contribution in [2.75, 3.05) is 20.6 Å². The molecule has 0 fully saturated rings. The molecular weight excluding hydrogens is 250 g/mol. The first-order valence-corrected chi connectivity index (χ1v) is 6.88. The van der Waals surface area contributed by atoms with Crippen LogP contribution in [0.5, 0.6) is 0 Å². The van der Waals surface area contributed by atoms with Crippen LogP contribution in [0.15, 0.2) is 11.4 Å². The Kier molecular flexibility index (Phi) is 5.71. The van der Waals surface area contributed by atoms with Gasteiger partial charge in [-0.05, 0) is 25.6 Å². The van der Waals surface area contributed by atoms with Crippen LogP contribution in [0, 0.1) is 16.0 Å². The number of rotatable bonds is 7. The third-order valence-electron chi connectivity index (χ3n) is 2.94. The number of hydrogen-bond acceptors (Lipinski definition) is 5. The Hall–Kier alpha value is -0.980. The zero-order valence-electron chi connectivity index (χ0n) is 11.3. The first-order chi connectivity index (χ1) is 8.41. The van der Waals surface area contributed by atoms with Crippen LogP contribution < -0.4 is 5.32 Å². The SMILES string of the molecule is CC(C)C(CNCc1csc([N+](=O)[O-])c1)N(C)C. The summed E-state index contributed by atoms with van der Waals surface area (Å²) in [5.74, 6) is 0.573. The predicted molar refractivity (Wildman–Crippen MR) is 75.0 cm³/mol. The van der Waals surface area contributed by atoms with Crippen molar-refractivity contribution in [3.8, 4) is 0 Å². The smallest absolute Gasteiger partial charge is 0.311 e. The van der Waals surface area contributed by atoms with E-state index < -0.39 is 0 Å². The van der Waals surface area contributed by atoms with Crippen molar-refractivity contribution in [1.29, 1.82) is 0 Å². The molecule has 0 spiro atoms. The molecule has 0 amide bonds. The summed E-state index contributed by atoms with van der Waals surface area (Å²) < 4.78 is 0. The minimum absolute atomic E-state index is 0.208. The van der Waals surface area contributed by atoms with Gasteiger partial charge in [-0.25, -0.2) is 0 Å². The highest BCUT2D eigenvalue weighted by atomic mass is 32.1. The Balaban J connectivity index is 2.42. The van der Waals surface area contributed by atoms with Crippen molar-refractivity contribution in [2.45, 2.75) is 26.4 Å². The lowest BCUT2D eigenvalue weighted by atomic mass is 10.0. The molecule has 102 valence electrons. The number of nitro groups is 1. The molecule has 0 aliphatic heterocycles. The van der Waals surface area contributed by atoms with Crippen LogP contribution in [0.1, 0.15) is 19.4 Å². The molecule has 5 nitrogen and oxygen atoms in total. The molecule has 0 saturated carbocycles. The third kappa shape index (κ3) is 4.36. The van der Waals surface area contributed by atoms with Crippen LogP contribution >= 0.6 is 11.3 Å². The summed E-state index contributed by atoms with van der Waals surface area (Å²) in [7, 11) is 4.14. The van der Waals surface area contributed by atoms with E-state index in [2.05, 4.69) is 38.2 Å². The number of likely N-dealkylation sites (N-methyl/N-ethyl adjacent to an activating group) is 1. The van der Waals surface area contributed by atoms with E-state index >= 15 is 0 Å². The summed E-state index contributed by atoms with van der Waals surface area (Å²) in [6.07, 6.45) is 0. The Labute approximate surface area is 112 Å². The van der Waals surface area contributed by atoms with Crippen LogP contribution in [0.4, 0.5) is 5.00 Å². The highest BCUT2D eigenvalue weighted by Crippen LogP contribution is 2.22. The fourth-order valence-electron chi connectivity index (χ4n) is 1.93. The number of thiophene rings is 1. The molecular formula is C12H21N3O2S. The molecule has 1 unspecified atom stereocenters. The molecule has 1 aromatic heterocycles. The molecule has 1 atom stereocenters. The van der Waals surface area contributed by atoms with Gasteiger partial charge in [0.05, 0.1) is 4.92 Å². The van der Waals surface area contributed by atoms with Gasteiger partial charge in [0.1, 0.15) is 0 Å². The Morgan fingerprint density at radius 3 is 2.61 bits per heavy atom. The van der Waals surface area contributed by atoms with Crippen molar-refractivity contribution in [3.63, 3.8) is 0 Å². The molecule has 0 aromatic carbocycles. The second-order valence-electron chi connectivity index (χ2n) is 4.96. The van der Waals surface area contributed by atoms with Crippen LogP contribution in [-0.4, -0.2) is 36.5 Å². The number of nitrogens with one attached hydrogen (secondary N) is 1. The van der Waals surface area contributed by atoms with E-state index in [-0.39, 0.29) is 9.92 Å². The molecule has 1 aromatic rings. The van der Waals surface area contributed by atoms with Gasteiger partial charge < -0.3 is 10.2 Å². The van der Waals surface area contributed by atoms with E-state index in [1.807, 2.05) is 5.38 Å². The quantitative estimate of drug-likeness (QED) is 0.611. The van der Waals surface area contributed by atoms with Crippen molar-refractivity contribution in [2.24, 2.45) is 5.92 Å². The van der Waals surface area contributed by atoms with Crippen LogP contribution in [0.3, 0.4) is 0 Å². The Morgan fingerprint density at radius 1 is 1.50 bits per heavy atom. The van der Waals surface area contributed by atoms with E-state index in [9.17, 15) is 10.1 Å². The molecule has 1 heterocycles. The molecule has 0 saturated heterocycles. The molecule has 6 heteroatoms. The summed E-state index contributed by atoms with van der Waals surface area (Å²) >= 11 is 1.18. The maximum atomic E-state index is 10.6. The fraction of sp³-hybridized carbons (Fsp3) is 0.667. The van der Waals surface area contributed by atoms with Crippen molar-refractivity contribution < 1.29 is 4.92 Å². The second kappa shape index (κ2) is 6.82. The molecule has 0 aliphatic carbocycles. The van der Waals surface area contributed by atoms with Crippen LogP contribution in [0.25, 0.3) is 0 Å². The topological polar surface area (TPSA) is 58.4 Å². The second-order valence-corrected chi connectivity index (χ2v) is 5.85. The summed E-state index contributed by atoms with van der Waals surface area (Å²) in [5, 5.41) is 16.0. The van der Waals surface area contributed by atoms with E-state index in [0.717, 1.165) is 12.1 Å². The van der Waals surface area contributed by atoms with Gasteiger partial charge in [-0.2, -0.15) is 0 Å². The lowest BCUT2D eigenvalue weighted by Crippen LogP contribution is -2.41. The first-order valence-electron chi connectivity index (χ1n) is 6.00. The third-order valence-corrected chi connectivity index (χ3v) is 3.86. The standard InChI is InChI=1S/C12H21N3O2S/c1-9(2)11(14(3)4)7-13-6-10-5-12(15(16)17)18-8-10/h5,8-9,11,13H,6-7H2,1-4H3. The molecule has 18 heavy (non-hydrogen) atoms. The average molecular weight is 271 g/mol. The number of nitrogens with zero attached hydrogens (tertiary/aromatic N) is 2. The largest absolute Gasteiger partial charge is 0.324 e. The average Bonchev–Trinajstić information content (AvgIpc) is 2.71. The van der Waals surface area contributed by atoms with Crippen molar-refractivity contribution in [1.82, 2.24) is 10.2 Å². The minimum atomic E-state index is -0.342. The monoisotopic (exact) mass is 271 g/mol. The summed E-state index contributed by atoms with van der Waals surface area (Å²) in [5.41, 5.74) is 0.980. The van der Waals surface area contributed by atoms with Gasteiger partial charge >= 0.3 is 5.00 Å². The number of hydrogen-bond donors (Lipinski definition) is 1. The lowest BCUT2D eigenvalue weighted by Gasteiger charge is -2.28. The van der Waals surface area contributed by atoms with Crippen molar-refractivity contribution >= 4 is 16.3 Å². The van der Waals surface area contributed by atoms with E-state index in [1.54, 1.807) is 6.07 Å². The fourth-order valence-corrected chi connectivity index (χ4v) is 2.66. The molecule has 0 aliphatic rings. The lowest BCUT2D eigenvalue weighted by molar-refractivity contribution is -0.380. The molecule has 0 bridgehead atoms. The van der Waals surface area contributed by atoms with Crippen molar-refractivity contribution in [3.05, 3.63) is 27.1 Å². The molecule has 1 N–H and O–H groups in total. The van der Waals surface area contributed by atoms with Gasteiger partial charge in [0, 0.05) is 30.6 Å². The summed E-state index contributed by atoms with van der Waals surface area (Å²) in [4.78, 5) is 12.4. The Morgan fingerprint density at radius 2 is 2.17 bits per heavy atom. The summed E-state index contributed by atoms with van der Waals surface area (Å²) in [6, 6.07) is 2.11. The Bertz CT molecular complexity index is 382. The van der Waals surface area contributed by atoms with Gasteiger partial charge in [-0.15, -0.1) is 0 Å². The van der Waals surface area contributed by atoms with Gasteiger partial charge in [0.2, 0.25) is 0 Å². The maximum absolute atomic E-state index is 10.6. The van der Waals surface area contributed by atoms with Gasteiger partial charge in [-0.3, -0.25) is 10.1 Å². The van der Waals surface area contributed by atoms with Gasteiger partial charge in [0.15, 0.2) is 0 Å². The van der Waals surface area contributed by atoms with E-state index in [4.69, 9.17) is 0 Å².